The van der Waals surface area contributed by atoms with Gasteiger partial charge in [0.25, 0.3) is 5.92 Å². The Morgan fingerprint density at radius 1 is 1.08 bits per heavy atom. The zero-order valence-electron chi connectivity index (χ0n) is 14.0. The summed E-state index contributed by atoms with van der Waals surface area (Å²) in [6.45, 7) is 2.83. The number of alkyl halides is 2. The number of hydrogen-bond donors (Lipinski definition) is 2. The number of rotatable bonds is 7. The Labute approximate surface area is 159 Å². The molecule has 1 aromatic carbocycles. The Morgan fingerprint density at radius 2 is 1.64 bits per heavy atom. The van der Waals surface area contributed by atoms with Crippen LogP contribution in [0.2, 0.25) is 0 Å². The van der Waals surface area contributed by atoms with E-state index in [4.69, 9.17) is 5.73 Å². The van der Waals surface area contributed by atoms with E-state index in [0.29, 0.717) is 0 Å². The van der Waals surface area contributed by atoms with E-state index in [1.165, 1.54) is 5.56 Å². The van der Waals surface area contributed by atoms with Gasteiger partial charge in [-0.2, -0.15) is 0 Å². The van der Waals surface area contributed by atoms with E-state index >= 15 is 0 Å². The van der Waals surface area contributed by atoms with Gasteiger partial charge in [-0.25, -0.2) is 8.78 Å². The topological polar surface area (TPSA) is 61.6 Å². The lowest BCUT2D eigenvalue weighted by atomic mass is 10.2. The first-order chi connectivity index (χ1) is 11.0. The molecular formula is C16H26Cl2F2N4O. The summed E-state index contributed by atoms with van der Waals surface area (Å²) >= 11 is 0. The van der Waals surface area contributed by atoms with Crippen LogP contribution >= 0.6 is 24.8 Å². The van der Waals surface area contributed by atoms with Crippen molar-refractivity contribution in [3.8, 4) is 0 Å². The Kier molecular flexibility index (Phi) is 11.1. The number of carbonyl (C=O) groups excluding carboxylic acids is 1. The molecule has 25 heavy (non-hydrogen) atoms. The average molecular weight is 399 g/mol. The van der Waals surface area contributed by atoms with E-state index in [2.05, 4.69) is 22.3 Å². The van der Waals surface area contributed by atoms with Gasteiger partial charge in [0.15, 0.2) is 0 Å². The van der Waals surface area contributed by atoms with E-state index in [1.54, 1.807) is 0 Å². The lowest BCUT2D eigenvalue weighted by Crippen LogP contribution is -2.50. The van der Waals surface area contributed by atoms with Crippen LogP contribution in [0, 0.1) is 0 Å². The highest BCUT2D eigenvalue weighted by atomic mass is 35.5. The molecule has 0 spiro atoms. The van der Waals surface area contributed by atoms with E-state index < -0.39 is 19.0 Å². The maximum absolute atomic E-state index is 13.0. The van der Waals surface area contributed by atoms with E-state index in [0.717, 1.165) is 32.7 Å². The van der Waals surface area contributed by atoms with Gasteiger partial charge in [-0.05, 0) is 5.56 Å². The molecule has 0 radical (unpaired) electrons. The third-order valence-corrected chi connectivity index (χ3v) is 3.92. The monoisotopic (exact) mass is 398 g/mol. The van der Waals surface area contributed by atoms with Crippen molar-refractivity contribution in [1.29, 1.82) is 0 Å². The molecule has 1 aliphatic rings. The van der Waals surface area contributed by atoms with Crippen LogP contribution in [0.5, 0.6) is 0 Å². The Balaban J connectivity index is 0.00000288. The fraction of sp³-hybridized carbons (Fsp3) is 0.562. The summed E-state index contributed by atoms with van der Waals surface area (Å²) in [6.07, 6.45) is 0. The molecule has 3 N–H and O–H groups in total. The highest BCUT2D eigenvalue weighted by molar-refractivity contribution is 5.85. The quantitative estimate of drug-likeness (QED) is 0.727. The second-order valence-electron chi connectivity index (χ2n) is 5.87. The standard InChI is InChI=1S/C16H24F2N4O.2ClH/c17-16(18,12-19)13-20-15(23)11-22-8-6-21(7-9-22)10-14-4-2-1-3-5-14;;/h1-5H,6-13,19H2,(H,20,23);2*1H. The Hall–Kier alpha value is -0.990. The van der Waals surface area contributed by atoms with Gasteiger partial charge in [-0.15, -0.1) is 24.8 Å². The molecular weight excluding hydrogens is 373 g/mol. The summed E-state index contributed by atoms with van der Waals surface area (Å²) in [4.78, 5) is 16.0. The number of halogens is 4. The molecule has 0 aliphatic carbocycles. The van der Waals surface area contributed by atoms with Crippen LogP contribution in [0.3, 0.4) is 0 Å². The zero-order valence-corrected chi connectivity index (χ0v) is 15.6. The van der Waals surface area contributed by atoms with Crippen LogP contribution in [0.15, 0.2) is 30.3 Å². The first-order valence-electron chi connectivity index (χ1n) is 7.82. The number of nitrogens with zero attached hydrogens (tertiary/aromatic N) is 2. The lowest BCUT2D eigenvalue weighted by Gasteiger charge is -2.34. The minimum Gasteiger partial charge on any atom is -0.349 e. The number of amides is 1. The molecule has 0 bridgehead atoms. The summed E-state index contributed by atoms with van der Waals surface area (Å²) in [5, 5.41) is 2.25. The summed E-state index contributed by atoms with van der Waals surface area (Å²) in [5.41, 5.74) is 6.20. The minimum absolute atomic E-state index is 0. The van der Waals surface area contributed by atoms with Crippen molar-refractivity contribution in [3.05, 3.63) is 35.9 Å². The lowest BCUT2D eigenvalue weighted by molar-refractivity contribution is -0.124. The average Bonchev–Trinajstić information content (AvgIpc) is 2.56. The summed E-state index contributed by atoms with van der Waals surface area (Å²) in [7, 11) is 0. The van der Waals surface area contributed by atoms with Gasteiger partial charge >= 0.3 is 0 Å². The van der Waals surface area contributed by atoms with Crippen molar-refractivity contribution < 1.29 is 13.6 Å². The van der Waals surface area contributed by atoms with Gasteiger partial charge < -0.3 is 11.1 Å². The number of hydrogen-bond acceptors (Lipinski definition) is 4. The molecule has 1 aliphatic heterocycles. The largest absolute Gasteiger partial charge is 0.349 e. The van der Waals surface area contributed by atoms with E-state index in [9.17, 15) is 13.6 Å². The molecule has 1 aromatic rings. The predicted octanol–water partition coefficient (Wildman–Crippen LogP) is 1.36. The van der Waals surface area contributed by atoms with Gasteiger partial charge in [-0.3, -0.25) is 14.6 Å². The second kappa shape index (κ2) is 11.6. The Morgan fingerprint density at radius 3 is 2.20 bits per heavy atom. The number of carbonyl (C=O) groups is 1. The van der Waals surface area contributed by atoms with E-state index in [-0.39, 0.29) is 37.3 Å². The smallest absolute Gasteiger partial charge is 0.277 e. The summed E-state index contributed by atoms with van der Waals surface area (Å²) in [5.74, 6) is -3.42. The highest BCUT2D eigenvalue weighted by Gasteiger charge is 2.27. The third-order valence-electron chi connectivity index (χ3n) is 3.92. The van der Waals surface area contributed by atoms with Crippen LogP contribution in [0.4, 0.5) is 8.78 Å². The van der Waals surface area contributed by atoms with Crippen molar-refractivity contribution >= 4 is 30.7 Å². The number of nitrogens with two attached hydrogens (primary N) is 1. The van der Waals surface area contributed by atoms with Crippen molar-refractivity contribution in [2.75, 3.05) is 45.8 Å². The van der Waals surface area contributed by atoms with Crippen molar-refractivity contribution in [2.24, 2.45) is 5.73 Å². The predicted molar refractivity (Wildman–Crippen MR) is 99.7 cm³/mol. The molecule has 1 amide bonds. The Bertz CT molecular complexity index is 500. The number of nitrogens with one attached hydrogen (secondary N) is 1. The summed E-state index contributed by atoms with van der Waals surface area (Å²) < 4.78 is 26.0. The molecule has 1 fully saturated rings. The minimum atomic E-state index is -3.04. The van der Waals surface area contributed by atoms with Crippen LogP contribution in [0.25, 0.3) is 0 Å². The molecule has 5 nitrogen and oxygen atoms in total. The van der Waals surface area contributed by atoms with Crippen LogP contribution < -0.4 is 11.1 Å². The summed E-state index contributed by atoms with van der Waals surface area (Å²) in [6, 6.07) is 10.2. The van der Waals surface area contributed by atoms with Crippen molar-refractivity contribution in [1.82, 2.24) is 15.1 Å². The van der Waals surface area contributed by atoms with Gasteiger partial charge in [0.1, 0.15) is 0 Å². The third kappa shape index (κ3) is 8.78. The molecule has 9 heteroatoms. The molecule has 1 saturated heterocycles. The highest BCUT2D eigenvalue weighted by Crippen LogP contribution is 2.10. The van der Waals surface area contributed by atoms with Gasteiger partial charge in [0.2, 0.25) is 5.91 Å². The normalized spacial score (nSPS) is 15.8. The maximum atomic E-state index is 13.0. The number of benzene rings is 1. The molecule has 0 unspecified atom stereocenters. The van der Waals surface area contributed by atoms with Crippen LogP contribution in [-0.2, 0) is 11.3 Å². The zero-order chi connectivity index (χ0) is 16.7. The van der Waals surface area contributed by atoms with Gasteiger partial charge in [-0.1, -0.05) is 30.3 Å². The van der Waals surface area contributed by atoms with Gasteiger partial charge in [0, 0.05) is 32.7 Å². The van der Waals surface area contributed by atoms with Gasteiger partial charge in [0.05, 0.1) is 19.6 Å². The molecule has 0 aromatic heterocycles. The van der Waals surface area contributed by atoms with Crippen LogP contribution in [-0.4, -0.2) is 67.4 Å². The number of piperazine rings is 1. The molecule has 144 valence electrons. The molecule has 2 rings (SSSR count). The van der Waals surface area contributed by atoms with Crippen molar-refractivity contribution in [3.63, 3.8) is 0 Å². The van der Waals surface area contributed by atoms with E-state index in [1.807, 2.05) is 23.1 Å². The fourth-order valence-corrected chi connectivity index (χ4v) is 2.51. The first kappa shape index (κ1) is 24.0. The maximum Gasteiger partial charge on any atom is 0.277 e. The molecule has 0 atom stereocenters. The van der Waals surface area contributed by atoms with Crippen LogP contribution in [0.1, 0.15) is 5.56 Å². The fourth-order valence-electron chi connectivity index (χ4n) is 2.51. The first-order valence-corrected chi connectivity index (χ1v) is 7.82. The second-order valence-corrected chi connectivity index (χ2v) is 5.87. The molecule has 0 saturated carbocycles. The SMILES string of the molecule is Cl.Cl.NCC(F)(F)CNC(=O)CN1CCN(Cc2ccccc2)CC1. The molecule has 1 heterocycles. The van der Waals surface area contributed by atoms with Crippen molar-refractivity contribution in [2.45, 2.75) is 12.5 Å².